The van der Waals surface area contributed by atoms with Crippen LogP contribution in [0, 0.1) is 0 Å². The number of hydrogen-bond acceptors (Lipinski definition) is 8. The van der Waals surface area contributed by atoms with Crippen LogP contribution in [0.1, 0.15) is 258 Å². The Labute approximate surface area is 496 Å². The number of carbonyl (C=O) groups is 1. The van der Waals surface area contributed by atoms with E-state index in [4.69, 9.17) is 9.47 Å². The summed E-state index contributed by atoms with van der Waals surface area (Å²) in [5.41, 5.74) is 0. The summed E-state index contributed by atoms with van der Waals surface area (Å²) in [6.45, 7) is 3.64. The monoisotopic (exact) mass is 1130 g/mol. The van der Waals surface area contributed by atoms with Gasteiger partial charge in [-0.05, 0) is 109 Å². The van der Waals surface area contributed by atoms with Crippen molar-refractivity contribution in [1.29, 1.82) is 0 Å². The minimum atomic E-state index is -1.58. The fourth-order valence-corrected chi connectivity index (χ4v) is 9.56. The Morgan fingerprint density at radius 1 is 0.432 bits per heavy atom. The van der Waals surface area contributed by atoms with Crippen molar-refractivity contribution < 1.29 is 39.8 Å². The molecule has 0 aliphatic carbocycles. The van der Waals surface area contributed by atoms with Gasteiger partial charge in [0.2, 0.25) is 5.91 Å². The molecule has 9 heteroatoms. The van der Waals surface area contributed by atoms with Gasteiger partial charge in [0.05, 0.1) is 25.4 Å². The van der Waals surface area contributed by atoms with E-state index < -0.39 is 49.5 Å². The number of hydrogen-bond donors (Lipinski definition) is 6. The van der Waals surface area contributed by atoms with Crippen molar-refractivity contribution in [3.8, 4) is 0 Å². The summed E-state index contributed by atoms with van der Waals surface area (Å²) in [6.07, 6.45) is 84.0. The van der Waals surface area contributed by atoms with E-state index in [2.05, 4.69) is 141 Å². The second-order valence-corrected chi connectivity index (χ2v) is 22.2. The molecule has 81 heavy (non-hydrogen) atoms. The Kier molecular flexibility index (Phi) is 55.3. The van der Waals surface area contributed by atoms with Gasteiger partial charge in [-0.1, -0.05) is 276 Å². The van der Waals surface area contributed by atoms with E-state index in [0.717, 1.165) is 103 Å². The first-order chi connectivity index (χ1) is 39.8. The van der Waals surface area contributed by atoms with Gasteiger partial charge in [-0.25, -0.2) is 0 Å². The first-order valence-corrected chi connectivity index (χ1v) is 32.9. The van der Waals surface area contributed by atoms with Gasteiger partial charge in [-0.2, -0.15) is 0 Å². The van der Waals surface area contributed by atoms with E-state index in [-0.39, 0.29) is 12.5 Å². The molecule has 1 rings (SSSR count). The first-order valence-electron chi connectivity index (χ1n) is 32.9. The predicted molar refractivity (Wildman–Crippen MR) is 345 cm³/mol. The van der Waals surface area contributed by atoms with Crippen molar-refractivity contribution in [3.63, 3.8) is 0 Å². The van der Waals surface area contributed by atoms with Crippen LogP contribution in [0.2, 0.25) is 0 Å². The maximum absolute atomic E-state index is 13.1. The molecule has 0 aromatic heterocycles. The number of rotatable bonds is 55. The number of aliphatic hydroxyl groups excluding tert-OH is 5. The summed E-state index contributed by atoms with van der Waals surface area (Å²) in [5, 5.41) is 54.5. The molecule has 0 spiro atoms. The van der Waals surface area contributed by atoms with Gasteiger partial charge in [0.25, 0.3) is 0 Å². The molecule has 1 heterocycles. The highest BCUT2D eigenvalue weighted by Crippen LogP contribution is 2.23. The average Bonchev–Trinajstić information content (AvgIpc) is 3.49. The SMILES string of the molecule is CC/C=C\C/C=C\C/C=C\C/C=C\C/C=C\C/C=C\C/C=C\C/C=C\CCCCCCCCCCCCCCCCCCC(=O)NC(COC1OC(CO)C(O)C(O)C1O)C(O)/C=C/CC/C=C/CC/C=C/CCCCCCCCC. The average molecular weight is 1130 g/mol. The lowest BCUT2D eigenvalue weighted by atomic mass is 9.99. The van der Waals surface area contributed by atoms with E-state index in [9.17, 15) is 30.3 Å². The Morgan fingerprint density at radius 3 is 1.19 bits per heavy atom. The van der Waals surface area contributed by atoms with Gasteiger partial charge in [0.1, 0.15) is 24.4 Å². The lowest BCUT2D eigenvalue weighted by molar-refractivity contribution is -0.302. The summed E-state index contributed by atoms with van der Waals surface area (Å²) in [4.78, 5) is 13.1. The van der Waals surface area contributed by atoms with Crippen molar-refractivity contribution in [2.45, 2.75) is 301 Å². The summed E-state index contributed by atoms with van der Waals surface area (Å²) in [5.74, 6) is -0.194. The topological polar surface area (TPSA) is 149 Å². The van der Waals surface area contributed by atoms with Crippen molar-refractivity contribution in [3.05, 3.63) is 134 Å². The quantitative estimate of drug-likeness (QED) is 0.0261. The Morgan fingerprint density at radius 2 is 0.778 bits per heavy atom. The van der Waals surface area contributed by atoms with Gasteiger partial charge < -0.3 is 40.3 Å². The summed E-state index contributed by atoms with van der Waals surface area (Å²) in [7, 11) is 0. The van der Waals surface area contributed by atoms with E-state index in [1.54, 1.807) is 6.08 Å². The molecule has 6 N–H and O–H groups in total. The van der Waals surface area contributed by atoms with Crippen LogP contribution in [-0.2, 0) is 14.3 Å². The van der Waals surface area contributed by atoms with Gasteiger partial charge >= 0.3 is 0 Å². The van der Waals surface area contributed by atoms with Crippen LogP contribution < -0.4 is 5.32 Å². The molecule has 1 amide bonds. The standard InChI is InChI=1S/C72H121NO8/c1-3-5-7-9-11-13-15-17-19-21-22-23-24-25-26-27-28-29-30-31-32-33-34-35-36-37-38-39-40-41-42-43-44-46-48-50-52-54-56-58-60-62-68(76)73-65(64-80-72-71(79)70(78)69(77)67(63-74)81-72)66(75)61-59-57-55-53-51-49-47-45-20-18-16-14-12-10-8-6-4-2/h5,7,11,13,17,19-20,22-23,25-26,28-29,31-32,34-35,45,51,53,59,61,65-67,69-72,74-75,77-79H,3-4,6,8-10,12,14-16,18,21,24,27,30,33,36-44,46-50,52,54-58,60,62-64H2,1-2H3,(H,73,76)/b7-5-,13-11-,19-17-,23-22-,26-25-,29-28-,32-31-,35-34-,45-20+,53-51+,61-59+. The van der Waals surface area contributed by atoms with Crippen molar-refractivity contribution in [2.75, 3.05) is 13.2 Å². The van der Waals surface area contributed by atoms with Crippen molar-refractivity contribution in [1.82, 2.24) is 5.32 Å². The van der Waals surface area contributed by atoms with E-state index >= 15 is 0 Å². The maximum Gasteiger partial charge on any atom is 0.220 e. The third-order valence-corrected chi connectivity index (χ3v) is 14.7. The molecule has 1 aliphatic rings. The Balaban J connectivity index is 2.12. The molecule has 9 nitrogen and oxygen atoms in total. The normalized spacial score (nSPS) is 19.3. The molecule has 0 aromatic rings. The second kappa shape index (κ2) is 59.5. The zero-order valence-corrected chi connectivity index (χ0v) is 51.5. The lowest BCUT2D eigenvalue weighted by Gasteiger charge is -2.40. The highest BCUT2D eigenvalue weighted by Gasteiger charge is 2.44. The molecule has 0 radical (unpaired) electrons. The number of carbonyl (C=O) groups excluding carboxylic acids is 1. The highest BCUT2D eigenvalue weighted by molar-refractivity contribution is 5.76. The van der Waals surface area contributed by atoms with E-state index in [1.165, 1.54) is 135 Å². The molecule has 0 aromatic carbocycles. The Bertz CT molecular complexity index is 1740. The third-order valence-electron chi connectivity index (χ3n) is 14.7. The van der Waals surface area contributed by atoms with Gasteiger partial charge in [-0.15, -0.1) is 0 Å². The zero-order chi connectivity index (χ0) is 58.6. The minimum Gasteiger partial charge on any atom is -0.394 e. The predicted octanol–water partition coefficient (Wildman–Crippen LogP) is 17.6. The Hall–Kier alpha value is -3.67. The van der Waals surface area contributed by atoms with Crippen LogP contribution in [0.15, 0.2) is 134 Å². The molecule has 1 aliphatic heterocycles. The summed E-state index contributed by atoms with van der Waals surface area (Å²) in [6, 6.07) is -0.835. The van der Waals surface area contributed by atoms with Crippen LogP contribution in [0.3, 0.4) is 0 Å². The summed E-state index contributed by atoms with van der Waals surface area (Å²) >= 11 is 0. The number of aliphatic hydroxyl groups is 5. The smallest absolute Gasteiger partial charge is 0.220 e. The molecule has 1 fully saturated rings. The zero-order valence-electron chi connectivity index (χ0n) is 51.5. The van der Waals surface area contributed by atoms with Gasteiger partial charge in [0.15, 0.2) is 6.29 Å². The number of amides is 1. The molecular formula is C72H121NO8. The van der Waals surface area contributed by atoms with Crippen molar-refractivity contribution >= 4 is 5.91 Å². The lowest BCUT2D eigenvalue weighted by Crippen LogP contribution is -2.60. The number of unbranched alkanes of at least 4 members (excludes halogenated alkanes) is 25. The fourth-order valence-electron chi connectivity index (χ4n) is 9.56. The highest BCUT2D eigenvalue weighted by atomic mass is 16.7. The summed E-state index contributed by atoms with van der Waals surface area (Å²) < 4.78 is 11.3. The third kappa shape index (κ3) is 48.4. The number of allylic oxidation sites excluding steroid dienone is 21. The number of ether oxygens (including phenoxy) is 2. The molecule has 0 bridgehead atoms. The van der Waals surface area contributed by atoms with Crippen molar-refractivity contribution in [2.24, 2.45) is 0 Å². The molecule has 7 atom stereocenters. The maximum atomic E-state index is 13.1. The largest absolute Gasteiger partial charge is 0.394 e. The fraction of sp³-hybridized carbons (Fsp3) is 0.681. The molecule has 1 saturated heterocycles. The first kappa shape index (κ1) is 75.3. The molecule has 0 saturated carbocycles. The van der Waals surface area contributed by atoms with Gasteiger partial charge in [-0.3, -0.25) is 4.79 Å². The van der Waals surface area contributed by atoms with Crippen LogP contribution in [0.4, 0.5) is 0 Å². The second-order valence-electron chi connectivity index (χ2n) is 22.2. The van der Waals surface area contributed by atoms with E-state index in [0.29, 0.717) is 6.42 Å². The van der Waals surface area contributed by atoms with Crippen LogP contribution in [-0.4, -0.2) is 87.5 Å². The van der Waals surface area contributed by atoms with E-state index in [1.807, 2.05) is 6.08 Å². The van der Waals surface area contributed by atoms with Crippen LogP contribution in [0.5, 0.6) is 0 Å². The number of nitrogens with one attached hydrogen (secondary N) is 1. The molecular weight excluding hydrogens is 1010 g/mol. The molecule has 462 valence electrons. The van der Waals surface area contributed by atoms with Crippen LogP contribution >= 0.6 is 0 Å². The van der Waals surface area contributed by atoms with Gasteiger partial charge in [0, 0.05) is 6.42 Å². The molecule has 7 unspecified atom stereocenters. The van der Waals surface area contributed by atoms with Crippen LogP contribution in [0.25, 0.3) is 0 Å². The minimum absolute atomic E-state index is 0.194.